The predicted octanol–water partition coefficient (Wildman–Crippen LogP) is 2.14. The van der Waals surface area contributed by atoms with Gasteiger partial charge in [0, 0.05) is 18.8 Å². The van der Waals surface area contributed by atoms with Crippen molar-refractivity contribution in [2.75, 3.05) is 24.5 Å². The Labute approximate surface area is 108 Å². The van der Waals surface area contributed by atoms with Crippen LogP contribution >= 0.6 is 0 Å². The van der Waals surface area contributed by atoms with Gasteiger partial charge in [0.05, 0.1) is 5.60 Å². The summed E-state index contributed by atoms with van der Waals surface area (Å²) in [5, 5.41) is 9.77. The summed E-state index contributed by atoms with van der Waals surface area (Å²) in [6.45, 7) is 5.76. The Morgan fingerprint density at radius 1 is 1.22 bits per heavy atom. The van der Waals surface area contributed by atoms with Crippen molar-refractivity contribution in [1.29, 1.82) is 0 Å². The van der Waals surface area contributed by atoms with Gasteiger partial charge in [-0.25, -0.2) is 4.39 Å². The molecule has 0 saturated heterocycles. The predicted molar refractivity (Wildman–Crippen MR) is 73.2 cm³/mol. The summed E-state index contributed by atoms with van der Waals surface area (Å²) in [6, 6.07) is 6.43. The maximum atomic E-state index is 12.9. The van der Waals surface area contributed by atoms with Crippen LogP contribution < -0.4 is 10.6 Å². The second kappa shape index (κ2) is 6.71. The molecule has 0 fully saturated rings. The van der Waals surface area contributed by atoms with Crippen LogP contribution in [-0.4, -0.2) is 30.3 Å². The fourth-order valence-electron chi connectivity index (χ4n) is 1.71. The Morgan fingerprint density at radius 3 is 2.33 bits per heavy atom. The number of anilines is 1. The molecule has 0 saturated carbocycles. The Hall–Kier alpha value is -1.13. The van der Waals surface area contributed by atoms with Gasteiger partial charge in [-0.15, -0.1) is 0 Å². The van der Waals surface area contributed by atoms with Gasteiger partial charge in [-0.1, -0.05) is 0 Å². The minimum atomic E-state index is -0.693. The van der Waals surface area contributed by atoms with E-state index in [0.29, 0.717) is 13.0 Å². The summed E-state index contributed by atoms with van der Waals surface area (Å²) in [6.07, 6.45) is 1.54. The quantitative estimate of drug-likeness (QED) is 0.784. The van der Waals surface area contributed by atoms with Crippen molar-refractivity contribution >= 4 is 5.69 Å². The summed E-state index contributed by atoms with van der Waals surface area (Å²) in [4.78, 5) is 2.13. The third-order valence-electron chi connectivity index (χ3n) is 2.82. The Balaban J connectivity index is 2.68. The van der Waals surface area contributed by atoms with Crippen LogP contribution in [0.1, 0.15) is 26.7 Å². The van der Waals surface area contributed by atoms with E-state index in [9.17, 15) is 9.50 Å². The number of hydrogen-bond acceptors (Lipinski definition) is 3. The molecule has 0 amide bonds. The van der Waals surface area contributed by atoms with Crippen molar-refractivity contribution in [2.45, 2.75) is 32.3 Å². The van der Waals surface area contributed by atoms with Crippen molar-refractivity contribution in [3.63, 3.8) is 0 Å². The zero-order valence-corrected chi connectivity index (χ0v) is 11.2. The molecular formula is C14H23FN2O. The number of hydrogen-bond donors (Lipinski definition) is 2. The highest BCUT2D eigenvalue weighted by Crippen LogP contribution is 2.18. The first-order chi connectivity index (χ1) is 8.42. The number of benzene rings is 1. The number of rotatable bonds is 7. The van der Waals surface area contributed by atoms with Gasteiger partial charge in [0.15, 0.2) is 0 Å². The molecule has 3 nitrogen and oxygen atoms in total. The molecule has 1 rings (SSSR count). The van der Waals surface area contributed by atoms with E-state index in [4.69, 9.17) is 5.73 Å². The second-order valence-electron chi connectivity index (χ2n) is 5.17. The van der Waals surface area contributed by atoms with Crippen molar-refractivity contribution in [1.82, 2.24) is 0 Å². The van der Waals surface area contributed by atoms with Crippen LogP contribution in [0.15, 0.2) is 24.3 Å². The van der Waals surface area contributed by atoms with Crippen molar-refractivity contribution < 1.29 is 9.50 Å². The smallest absolute Gasteiger partial charge is 0.123 e. The molecule has 1 aromatic carbocycles. The van der Waals surface area contributed by atoms with Crippen LogP contribution in [0.5, 0.6) is 0 Å². The molecule has 0 unspecified atom stereocenters. The highest BCUT2D eigenvalue weighted by atomic mass is 19.1. The lowest BCUT2D eigenvalue weighted by Gasteiger charge is -2.28. The summed E-state index contributed by atoms with van der Waals surface area (Å²) in [5.41, 5.74) is 5.80. The lowest BCUT2D eigenvalue weighted by atomic mass is 10.1. The molecule has 102 valence electrons. The number of nitrogens with two attached hydrogens (primary N) is 1. The third-order valence-corrected chi connectivity index (χ3v) is 2.82. The first-order valence-corrected chi connectivity index (χ1v) is 6.35. The van der Waals surface area contributed by atoms with Crippen LogP contribution in [0, 0.1) is 5.82 Å². The van der Waals surface area contributed by atoms with E-state index in [0.717, 1.165) is 25.2 Å². The molecule has 0 heterocycles. The molecular weight excluding hydrogens is 231 g/mol. The summed E-state index contributed by atoms with van der Waals surface area (Å²) >= 11 is 0. The standard InChI is InChI=1S/C14H23FN2O/c1-14(2,18)8-11-17(10-3-9-16)13-6-4-12(15)5-7-13/h4-7,18H,3,8-11,16H2,1-2H3. The van der Waals surface area contributed by atoms with Gasteiger partial charge in [0.2, 0.25) is 0 Å². The molecule has 0 radical (unpaired) electrons. The summed E-state index contributed by atoms with van der Waals surface area (Å²) < 4.78 is 12.9. The van der Waals surface area contributed by atoms with Gasteiger partial charge >= 0.3 is 0 Å². The van der Waals surface area contributed by atoms with E-state index in [1.807, 2.05) is 0 Å². The average Bonchev–Trinajstić information content (AvgIpc) is 2.29. The largest absolute Gasteiger partial charge is 0.390 e. The molecule has 0 atom stereocenters. The molecule has 0 aliphatic heterocycles. The molecule has 0 spiro atoms. The van der Waals surface area contributed by atoms with Gasteiger partial charge in [0.1, 0.15) is 5.82 Å². The van der Waals surface area contributed by atoms with Gasteiger partial charge in [-0.05, 0) is 57.5 Å². The van der Waals surface area contributed by atoms with E-state index in [2.05, 4.69) is 4.90 Å². The molecule has 0 aliphatic carbocycles. The van der Waals surface area contributed by atoms with Gasteiger partial charge in [0.25, 0.3) is 0 Å². The lowest BCUT2D eigenvalue weighted by molar-refractivity contribution is 0.0731. The number of aliphatic hydroxyl groups is 1. The molecule has 0 aromatic heterocycles. The van der Waals surface area contributed by atoms with E-state index >= 15 is 0 Å². The monoisotopic (exact) mass is 254 g/mol. The van der Waals surface area contributed by atoms with E-state index in [-0.39, 0.29) is 5.82 Å². The fraction of sp³-hybridized carbons (Fsp3) is 0.571. The first-order valence-electron chi connectivity index (χ1n) is 6.35. The van der Waals surface area contributed by atoms with E-state index < -0.39 is 5.60 Å². The van der Waals surface area contributed by atoms with Crippen LogP contribution in [0.2, 0.25) is 0 Å². The molecule has 0 aliphatic rings. The maximum absolute atomic E-state index is 12.9. The second-order valence-corrected chi connectivity index (χ2v) is 5.17. The number of halogens is 1. The van der Waals surface area contributed by atoms with Crippen molar-refractivity contribution in [3.05, 3.63) is 30.1 Å². The normalized spacial score (nSPS) is 11.6. The van der Waals surface area contributed by atoms with Crippen LogP contribution in [0.25, 0.3) is 0 Å². The van der Waals surface area contributed by atoms with Crippen molar-refractivity contribution in [2.24, 2.45) is 5.73 Å². The fourth-order valence-corrected chi connectivity index (χ4v) is 1.71. The maximum Gasteiger partial charge on any atom is 0.123 e. The van der Waals surface area contributed by atoms with Gasteiger partial charge < -0.3 is 15.7 Å². The summed E-state index contributed by atoms with van der Waals surface area (Å²) in [5.74, 6) is -0.236. The highest BCUT2D eigenvalue weighted by molar-refractivity contribution is 5.46. The summed E-state index contributed by atoms with van der Waals surface area (Å²) in [7, 11) is 0. The molecule has 0 bridgehead atoms. The highest BCUT2D eigenvalue weighted by Gasteiger charge is 2.15. The Morgan fingerprint density at radius 2 is 1.83 bits per heavy atom. The topological polar surface area (TPSA) is 49.5 Å². The lowest BCUT2D eigenvalue weighted by Crippen LogP contribution is -2.32. The van der Waals surface area contributed by atoms with E-state index in [1.165, 1.54) is 12.1 Å². The minimum absolute atomic E-state index is 0.236. The van der Waals surface area contributed by atoms with Gasteiger partial charge in [-0.2, -0.15) is 0 Å². The van der Waals surface area contributed by atoms with Crippen LogP contribution in [0.4, 0.5) is 10.1 Å². The first kappa shape index (κ1) is 14.9. The molecule has 1 aromatic rings. The van der Waals surface area contributed by atoms with Crippen LogP contribution in [-0.2, 0) is 0 Å². The SMILES string of the molecule is CC(C)(O)CCN(CCCN)c1ccc(F)cc1. The zero-order valence-electron chi connectivity index (χ0n) is 11.2. The minimum Gasteiger partial charge on any atom is -0.390 e. The molecule has 18 heavy (non-hydrogen) atoms. The Kier molecular flexibility index (Phi) is 5.56. The molecule has 3 N–H and O–H groups in total. The molecule has 4 heteroatoms. The van der Waals surface area contributed by atoms with Crippen LogP contribution in [0.3, 0.4) is 0 Å². The average molecular weight is 254 g/mol. The third kappa shape index (κ3) is 5.47. The number of nitrogens with zero attached hydrogens (tertiary/aromatic N) is 1. The van der Waals surface area contributed by atoms with Crippen molar-refractivity contribution in [3.8, 4) is 0 Å². The van der Waals surface area contributed by atoms with E-state index in [1.54, 1.807) is 26.0 Å². The Bertz CT molecular complexity index is 346. The zero-order chi connectivity index (χ0) is 13.6. The van der Waals surface area contributed by atoms with Gasteiger partial charge in [-0.3, -0.25) is 0 Å².